The third-order valence-corrected chi connectivity index (χ3v) is 2.59. The lowest BCUT2D eigenvalue weighted by Gasteiger charge is -2.03. The van der Waals surface area contributed by atoms with Gasteiger partial charge in [0.15, 0.2) is 0 Å². The zero-order valence-corrected chi connectivity index (χ0v) is 11.1. The molecule has 96 valence electrons. The first kappa shape index (κ1) is 12.9. The van der Waals surface area contributed by atoms with Crippen LogP contribution in [0.1, 0.15) is 25.3 Å². The minimum absolute atomic E-state index is 0.304. The van der Waals surface area contributed by atoms with Crippen LogP contribution >= 0.6 is 11.6 Å². The van der Waals surface area contributed by atoms with Crippen molar-refractivity contribution in [2.75, 3.05) is 0 Å². The van der Waals surface area contributed by atoms with Gasteiger partial charge in [-0.15, -0.1) is 0 Å². The van der Waals surface area contributed by atoms with Gasteiger partial charge in [-0.1, -0.05) is 30.6 Å². The van der Waals surface area contributed by atoms with Crippen LogP contribution in [0.4, 0.5) is 0 Å². The summed E-state index contributed by atoms with van der Waals surface area (Å²) in [7, 11) is 0. The first-order valence-corrected chi connectivity index (χ1v) is 6.20. The third kappa shape index (κ3) is 3.47. The Morgan fingerprint density at radius 3 is 3.00 bits per heavy atom. The molecule has 2 aromatic heterocycles. The predicted octanol–water partition coefficient (Wildman–Crippen LogP) is 3.50. The minimum atomic E-state index is 0.304. The van der Waals surface area contributed by atoms with Crippen LogP contribution < -0.4 is 4.74 Å². The molecular formula is C13H15ClN2O2. The first-order chi connectivity index (χ1) is 8.65. The van der Waals surface area contributed by atoms with Crippen molar-refractivity contribution in [1.82, 2.24) is 10.1 Å². The maximum atomic E-state index is 5.93. The van der Waals surface area contributed by atoms with E-state index in [0.29, 0.717) is 23.4 Å². The van der Waals surface area contributed by atoms with E-state index in [1.807, 2.05) is 6.07 Å². The molecule has 2 heterocycles. The van der Waals surface area contributed by atoms with Crippen molar-refractivity contribution in [3.05, 3.63) is 40.9 Å². The quantitative estimate of drug-likeness (QED) is 0.831. The molecule has 0 fully saturated rings. The zero-order valence-electron chi connectivity index (χ0n) is 10.4. The molecule has 5 heteroatoms. The second-order valence-electron chi connectivity index (χ2n) is 4.46. The molecular weight excluding hydrogens is 252 g/mol. The standard InChI is InChI=1S/C13H15ClN2O2/c1-9(2)6-11-7-10(16-18-11)8-17-13-12(14)4-3-5-15-13/h3-5,7,9H,6,8H2,1-2H3. The second kappa shape index (κ2) is 5.87. The van der Waals surface area contributed by atoms with Crippen LogP contribution in [0.3, 0.4) is 0 Å². The van der Waals surface area contributed by atoms with E-state index in [2.05, 4.69) is 24.0 Å². The largest absolute Gasteiger partial charge is 0.470 e. The highest BCUT2D eigenvalue weighted by Gasteiger charge is 2.08. The normalized spacial score (nSPS) is 10.9. The van der Waals surface area contributed by atoms with E-state index in [9.17, 15) is 0 Å². The summed E-state index contributed by atoms with van der Waals surface area (Å²) in [4.78, 5) is 4.04. The van der Waals surface area contributed by atoms with E-state index < -0.39 is 0 Å². The lowest BCUT2D eigenvalue weighted by Crippen LogP contribution is -1.97. The Morgan fingerprint density at radius 1 is 1.44 bits per heavy atom. The third-order valence-electron chi connectivity index (χ3n) is 2.30. The summed E-state index contributed by atoms with van der Waals surface area (Å²) in [6.07, 6.45) is 2.51. The van der Waals surface area contributed by atoms with Crippen LogP contribution in [-0.2, 0) is 13.0 Å². The molecule has 0 saturated carbocycles. The lowest BCUT2D eigenvalue weighted by atomic mass is 10.1. The Balaban J connectivity index is 1.94. The van der Waals surface area contributed by atoms with Gasteiger partial charge in [0.2, 0.25) is 5.88 Å². The van der Waals surface area contributed by atoms with Crippen LogP contribution in [0.2, 0.25) is 5.02 Å². The number of ether oxygens (including phenoxy) is 1. The van der Waals surface area contributed by atoms with Gasteiger partial charge >= 0.3 is 0 Å². The summed E-state index contributed by atoms with van der Waals surface area (Å²) in [6, 6.07) is 5.39. The molecule has 0 N–H and O–H groups in total. The van der Waals surface area contributed by atoms with Crippen LogP contribution in [0, 0.1) is 5.92 Å². The molecule has 0 atom stereocenters. The molecule has 0 aliphatic heterocycles. The molecule has 2 rings (SSSR count). The van der Waals surface area contributed by atoms with E-state index in [1.165, 1.54) is 0 Å². The molecule has 0 amide bonds. The van der Waals surface area contributed by atoms with Gasteiger partial charge in [0.05, 0.1) is 0 Å². The highest BCUT2D eigenvalue weighted by molar-refractivity contribution is 6.31. The van der Waals surface area contributed by atoms with Crippen molar-refractivity contribution in [1.29, 1.82) is 0 Å². The first-order valence-electron chi connectivity index (χ1n) is 5.83. The summed E-state index contributed by atoms with van der Waals surface area (Å²) < 4.78 is 10.7. The number of rotatable bonds is 5. The van der Waals surface area contributed by atoms with Crippen molar-refractivity contribution in [2.45, 2.75) is 26.9 Å². The van der Waals surface area contributed by atoms with Crippen molar-refractivity contribution in [3.8, 4) is 5.88 Å². The number of pyridine rings is 1. The van der Waals surface area contributed by atoms with Gasteiger partial charge in [-0.3, -0.25) is 0 Å². The lowest BCUT2D eigenvalue weighted by molar-refractivity contribution is 0.276. The van der Waals surface area contributed by atoms with E-state index in [-0.39, 0.29) is 0 Å². The molecule has 0 aliphatic rings. The van der Waals surface area contributed by atoms with Gasteiger partial charge in [0, 0.05) is 18.7 Å². The Labute approximate surface area is 111 Å². The van der Waals surface area contributed by atoms with Crippen molar-refractivity contribution in [3.63, 3.8) is 0 Å². The van der Waals surface area contributed by atoms with Crippen LogP contribution in [0.5, 0.6) is 5.88 Å². The highest BCUT2D eigenvalue weighted by Crippen LogP contribution is 2.21. The molecule has 18 heavy (non-hydrogen) atoms. The molecule has 0 aromatic carbocycles. The average Bonchev–Trinajstić information content (AvgIpc) is 2.75. The number of aromatic nitrogens is 2. The zero-order chi connectivity index (χ0) is 13.0. The van der Waals surface area contributed by atoms with Gasteiger partial charge in [-0.25, -0.2) is 4.98 Å². The smallest absolute Gasteiger partial charge is 0.232 e. The Bertz CT molecular complexity index is 511. The Morgan fingerprint density at radius 2 is 2.28 bits per heavy atom. The molecule has 0 aliphatic carbocycles. The van der Waals surface area contributed by atoms with Crippen molar-refractivity contribution >= 4 is 11.6 Å². The number of hydrogen-bond donors (Lipinski definition) is 0. The summed E-state index contributed by atoms with van der Waals surface area (Å²) >= 11 is 5.93. The maximum absolute atomic E-state index is 5.93. The molecule has 0 unspecified atom stereocenters. The van der Waals surface area contributed by atoms with Crippen molar-refractivity contribution < 1.29 is 9.26 Å². The SMILES string of the molecule is CC(C)Cc1cc(COc2ncccc2Cl)no1. The Kier molecular flexibility index (Phi) is 4.20. The second-order valence-corrected chi connectivity index (χ2v) is 4.87. The fourth-order valence-electron chi connectivity index (χ4n) is 1.54. The summed E-state index contributed by atoms with van der Waals surface area (Å²) in [5.74, 6) is 1.82. The summed E-state index contributed by atoms with van der Waals surface area (Å²) in [6.45, 7) is 4.57. The monoisotopic (exact) mass is 266 g/mol. The molecule has 0 spiro atoms. The molecule has 0 bridgehead atoms. The predicted molar refractivity (Wildman–Crippen MR) is 68.6 cm³/mol. The topological polar surface area (TPSA) is 48.2 Å². The molecule has 0 saturated heterocycles. The van der Waals surface area contributed by atoms with E-state index in [0.717, 1.165) is 17.9 Å². The number of halogens is 1. The maximum Gasteiger partial charge on any atom is 0.232 e. The number of hydrogen-bond acceptors (Lipinski definition) is 4. The Hall–Kier alpha value is -1.55. The van der Waals surface area contributed by atoms with Gasteiger partial charge < -0.3 is 9.26 Å². The minimum Gasteiger partial charge on any atom is -0.470 e. The molecule has 4 nitrogen and oxygen atoms in total. The van der Waals surface area contributed by atoms with Crippen LogP contribution in [-0.4, -0.2) is 10.1 Å². The van der Waals surface area contributed by atoms with Crippen molar-refractivity contribution in [2.24, 2.45) is 5.92 Å². The van der Waals surface area contributed by atoms with Gasteiger partial charge in [0.25, 0.3) is 0 Å². The molecule has 2 aromatic rings. The highest BCUT2D eigenvalue weighted by atomic mass is 35.5. The summed E-state index contributed by atoms with van der Waals surface area (Å²) in [5, 5.41) is 4.43. The average molecular weight is 267 g/mol. The number of nitrogens with zero attached hydrogens (tertiary/aromatic N) is 2. The van der Waals surface area contributed by atoms with Gasteiger partial charge in [-0.2, -0.15) is 0 Å². The van der Waals surface area contributed by atoms with E-state index in [1.54, 1.807) is 18.3 Å². The van der Waals surface area contributed by atoms with Crippen LogP contribution in [0.15, 0.2) is 28.9 Å². The fourth-order valence-corrected chi connectivity index (χ4v) is 1.72. The fraction of sp³-hybridized carbons (Fsp3) is 0.385. The van der Waals surface area contributed by atoms with E-state index >= 15 is 0 Å². The van der Waals surface area contributed by atoms with Gasteiger partial charge in [-0.05, 0) is 18.1 Å². The summed E-state index contributed by atoms with van der Waals surface area (Å²) in [5.41, 5.74) is 0.743. The molecule has 0 radical (unpaired) electrons. The van der Waals surface area contributed by atoms with Gasteiger partial charge in [0.1, 0.15) is 23.1 Å². The van der Waals surface area contributed by atoms with Crippen LogP contribution in [0.25, 0.3) is 0 Å². The van der Waals surface area contributed by atoms with E-state index in [4.69, 9.17) is 20.9 Å².